The van der Waals surface area contributed by atoms with Crippen LogP contribution in [0.15, 0.2) is 18.2 Å². The Morgan fingerprint density at radius 3 is 2.64 bits per heavy atom. The Bertz CT molecular complexity index is 659. The molecule has 1 amide bonds. The molecular formula is C14H20N2O5S. The van der Waals surface area contributed by atoms with E-state index in [2.05, 4.69) is 0 Å². The maximum Gasteiger partial charge on any atom is 0.223 e. The summed E-state index contributed by atoms with van der Waals surface area (Å²) >= 11 is 0. The number of primary sulfonamides is 1. The van der Waals surface area contributed by atoms with Gasteiger partial charge in [0.1, 0.15) is 11.5 Å². The normalized spacial score (nSPS) is 18.6. The van der Waals surface area contributed by atoms with E-state index in [-0.39, 0.29) is 24.0 Å². The Morgan fingerprint density at radius 2 is 2.05 bits per heavy atom. The molecule has 2 rings (SSSR count). The van der Waals surface area contributed by atoms with Crippen molar-refractivity contribution in [1.29, 1.82) is 0 Å². The standard InChI is InChI=1S/C14H20N2O5S/c1-20-12-3-4-13(21-2)11(6-12)8-16-7-10(5-14(16)17)9-22(15,18)19/h3-4,6,10H,5,7-9H2,1-2H3,(H2,15,18,19). The van der Waals surface area contributed by atoms with E-state index in [9.17, 15) is 13.2 Å². The molecule has 0 aromatic heterocycles. The van der Waals surface area contributed by atoms with Crippen molar-refractivity contribution in [3.63, 3.8) is 0 Å². The lowest BCUT2D eigenvalue weighted by atomic mass is 10.1. The summed E-state index contributed by atoms with van der Waals surface area (Å²) in [5.74, 6) is 0.800. The summed E-state index contributed by atoms with van der Waals surface area (Å²) in [4.78, 5) is 13.7. The van der Waals surface area contributed by atoms with Crippen LogP contribution in [0.5, 0.6) is 11.5 Å². The third kappa shape index (κ3) is 4.11. The fourth-order valence-corrected chi connectivity index (χ4v) is 3.54. The first kappa shape index (κ1) is 16.6. The average Bonchev–Trinajstić information content (AvgIpc) is 2.76. The number of carbonyl (C=O) groups is 1. The molecule has 1 aromatic carbocycles. The summed E-state index contributed by atoms with van der Waals surface area (Å²) in [6, 6.07) is 5.35. The van der Waals surface area contributed by atoms with E-state index < -0.39 is 10.0 Å². The lowest BCUT2D eigenvalue weighted by Gasteiger charge is -2.19. The number of ether oxygens (including phenoxy) is 2. The highest BCUT2D eigenvalue weighted by molar-refractivity contribution is 7.89. The number of hydrogen-bond acceptors (Lipinski definition) is 5. The molecule has 0 radical (unpaired) electrons. The van der Waals surface area contributed by atoms with Gasteiger partial charge in [0.05, 0.1) is 20.0 Å². The smallest absolute Gasteiger partial charge is 0.223 e. The highest BCUT2D eigenvalue weighted by Gasteiger charge is 2.32. The molecule has 1 heterocycles. The first-order valence-electron chi connectivity index (χ1n) is 6.81. The van der Waals surface area contributed by atoms with E-state index in [0.29, 0.717) is 24.6 Å². The van der Waals surface area contributed by atoms with Gasteiger partial charge in [-0.3, -0.25) is 4.79 Å². The second-order valence-electron chi connectivity index (χ2n) is 5.35. The van der Waals surface area contributed by atoms with Crippen LogP contribution in [0, 0.1) is 5.92 Å². The monoisotopic (exact) mass is 328 g/mol. The Balaban J connectivity index is 2.12. The number of hydrogen-bond donors (Lipinski definition) is 1. The number of sulfonamides is 1. The van der Waals surface area contributed by atoms with Crippen molar-refractivity contribution in [2.24, 2.45) is 11.1 Å². The summed E-state index contributed by atoms with van der Waals surface area (Å²) in [6.45, 7) is 0.718. The van der Waals surface area contributed by atoms with Crippen LogP contribution < -0.4 is 14.6 Å². The number of benzene rings is 1. The fourth-order valence-electron chi connectivity index (χ4n) is 2.66. The zero-order chi connectivity index (χ0) is 16.3. The number of likely N-dealkylation sites (tertiary alicyclic amines) is 1. The zero-order valence-corrected chi connectivity index (χ0v) is 13.4. The molecule has 2 N–H and O–H groups in total. The largest absolute Gasteiger partial charge is 0.497 e. The van der Waals surface area contributed by atoms with Gasteiger partial charge in [-0.1, -0.05) is 0 Å². The molecule has 0 bridgehead atoms. The maximum atomic E-state index is 12.0. The summed E-state index contributed by atoms with van der Waals surface area (Å²) in [5, 5.41) is 5.05. The molecule has 1 aliphatic heterocycles. The van der Waals surface area contributed by atoms with Crippen LogP contribution in [0.4, 0.5) is 0 Å². The number of rotatable bonds is 6. The fraction of sp³-hybridized carbons (Fsp3) is 0.500. The molecule has 0 aliphatic carbocycles. The van der Waals surface area contributed by atoms with E-state index in [4.69, 9.17) is 14.6 Å². The number of methoxy groups -OCH3 is 2. The molecule has 8 heteroatoms. The number of nitrogens with zero attached hydrogens (tertiary/aromatic N) is 1. The molecule has 1 saturated heterocycles. The maximum absolute atomic E-state index is 12.0. The Morgan fingerprint density at radius 1 is 1.32 bits per heavy atom. The van der Waals surface area contributed by atoms with Crippen molar-refractivity contribution in [2.45, 2.75) is 13.0 Å². The summed E-state index contributed by atoms with van der Waals surface area (Å²) < 4.78 is 32.8. The van der Waals surface area contributed by atoms with Gasteiger partial charge < -0.3 is 14.4 Å². The third-order valence-electron chi connectivity index (χ3n) is 3.61. The first-order chi connectivity index (χ1) is 10.3. The van der Waals surface area contributed by atoms with Crippen molar-refractivity contribution in [3.05, 3.63) is 23.8 Å². The topological polar surface area (TPSA) is 98.9 Å². The van der Waals surface area contributed by atoms with Crippen LogP contribution in [0.2, 0.25) is 0 Å². The van der Waals surface area contributed by atoms with Crippen LogP contribution in [0.25, 0.3) is 0 Å². The SMILES string of the molecule is COc1ccc(OC)c(CN2CC(CS(N)(=O)=O)CC2=O)c1. The summed E-state index contributed by atoms with van der Waals surface area (Å²) in [6.07, 6.45) is 0.197. The van der Waals surface area contributed by atoms with Gasteiger partial charge in [-0.25, -0.2) is 13.6 Å². The molecule has 1 atom stereocenters. The van der Waals surface area contributed by atoms with Crippen molar-refractivity contribution in [3.8, 4) is 11.5 Å². The van der Waals surface area contributed by atoms with Gasteiger partial charge in [0.25, 0.3) is 0 Å². The van der Waals surface area contributed by atoms with Crippen molar-refractivity contribution >= 4 is 15.9 Å². The number of carbonyl (C=O) groups excluding carboxylic acids is 1. The van der Waals surface area contributed by atoms with Crippen molar-refractivity contribution < 1.29 is 22.7 Å². The lowest BCUT2D eigenvalue weighted by Crippen LogP contribution is -2.27. The van der Waals surface area contributed by atoms with Gasteiger partial charge in [0.15, 0.2) is 0 Å². The molecule has 1 aromatic rings. The Hall–Kier alpha value is -1.80. The van der Waals surface area contributed by atoms with Crippen LogP contribution in [0.3, 0.4) is 0 Å². The number of amides is 1. The quantitative estimate of drug-likeness (QED) is 0.812. The highest BCUT2D eigenvalue weighted by atomic mass is 32.2. The van der Waals surface area contributed by atoms with Crippen LogP contribution in [-0.2, 0) is 21.4 Å². The molecule has 1 aliphatic rings. The van der Waals surface area contributed by atoms with E-state index in [0.717, 1.165) is 5.56 Å². The van der Waals surface area contributed by atoms with E-state index in [1.54, 1.807) is 37.3 Å². The predicted molar refractivity (Wildman–Crippen MR) is 81.0 cm³/mol. The lowest BCUT2D eigenvalue weighted by molar-refractivity contribution is -0.128. The first-order valence-corrected chi connectivity index (χ1v) is 8.53. The van der Waals surface area contributed by atoms with E-state index >= 15 is 0 Å². The van der Waals surface area contributed by atoms with E-state index in [1.165, 1.54) is 0 Å². The van der Waals surface area contributed by atoms with Crippen LogP contribution in [-0.4, -0.2) is 45.7 Å². The number of nitrogens with two attached hydrogens (primary N) is 1. The Kier molecular flexibility index (Phi) is 4.92. The third-order valence-corrected chi connectivity index (χ3v) is 4.55. The molecule has 1 unspecified atom stereocenters. The molecule has 7 nitrogen and oxygen atoms in total. The van der Waals surface area contributed by atoms with Gasteiger partial charge in [-0.15, -0.1) is 0 Å². The van der Waals surface area contributed by atoms with Gasteiger partial charge >= 0.3 is 0 Å². The average molecular weight is 328 g/mol. The summed E-state index contributed by atoms with van der Waals surface area (Å²) in [5.41, 5.74) is 0.812. The second-order valence-corrected chi connectivity index (χ2v) is 7.01. The molecule has 0 spiro atoms. The van der Waals surface area contributed by atoms with Gasteiger partial charge in [-0.05, 0) is 18.2 Å². The molecule has 22 heavy (non-hydrogen) atoms. The summed E-state index contributed by atoms with van der Waals surface area (Å²) in [7, 11) is -0.454. The van der Waals surface area contributed by atoms with Gasteiger partial charge in [0.2, 0.25) is 15.9 Å². The minimum absolute atomic E-state index is 0.0847. The van der Waals surface area contributed by atoms with Crippen molar-refractivity contribution in [2.75, 3.05) is 26.5 Å². The molecule has 0 saturated carbocycles. The molecule has 1 fully saturated rings. The highest BCUT2D eigenvalue weighted by Crippen LogP contribution is 2.28. The predicted octanol–water partition coefficient (Wildman–Crippen LogP) is 0.341. The van der Waals surface area contributed by atoms with Crippen LogP contribution >= 0.6 is 0 Å². The van der Waals surface area contributed by atoms with E-state index in [1.807, 2.05) is 0 Å². The minimum atomic E-state index is -3.57. The van der Waals surface area contributed by atoms with Gasteiger partial charge in [-0.2, -0.15) is 0 Å². The van der Waals surface area contributed by atoms with Gasteiger partial charge in [0, 0.05) is 31.0 Å². The van der Waals surface area contributed by atoms with Crippen LogP contribution in [0.1, 0.15) is 12.0 Å². The molecule has 122 valence electrons. The Labute approximate surface area is 130 Å². The minimum Gasteiger partial charge on any atom is -0.497 e. The van der Waals surface area contributed by atoms with Crippen molar-refractivity contribution in [1.82, 2.24) is 4.90 Å². The molecular weight excluding hydrogens is 308 g/mol. The zero-order valence-electron chi connectivity index (χ0n) is 12.6. The second kappa shape index (κ2) is 6.53.